The van der Waals surface area contributed by atoms with Gasteiger partial charge in [0.25, 0.3) is 0 Å². The summed E-state index contributed by atoms with van der Waals surface area (Å²) in [6.45, 7) is 1.42. The minimum atomic E-state index is -4.29. The maximum absolute atomic E-state index is 12.8. The Morgan fingerprint density at radius 1 is 1.50 bits per heavy atom. The van der Waals surface area contributed by atoms with E-state index in [-0.39, 0.29) is 22.6 Å². The van der Waals surface area contributed by atoms with Crippen molar-refractivity contribution in [1.29, 1.82) is 0 Å². The van der Waals surface area contributed by atoms with Crippen LogP contribution in [0.25, 0.3) is 5.52 Å². The summed E-state index contributed by atoms with van der Waals surface area (Å²) in [6, 6.07) is 4.75. The normalized spacial score (nSPS) is 11.1. The minimum absolute atomic E-state index is 0.0788. The van der Waals surface area contributed by atoms with E-state index >= 15 is 0 Å². The van der Waals surface area contributed by atoms with E-state index < -0.39 is 20.0 Å². The van der Waals surface area contributed by atoms with Gasteiger partial charge < -0.3 is 0 Å². The standard InChI is InChI=1S/C14H12F3N3OSe/c1-9(21)19-6-2-4-10-8-12-11(18)5-3-7-20(12)13(10)22-14(15,16)17/h3,5,7-8H,6,18H2,1H3,(H,19,21). The summed E-state index contributed by atoms with van der Waals surface area (Å²) in [5, 5.41) is -1.82. The Balaban J connectivity index is 2.45. The number of halogens is 3. The second-order valence-corrected chi connectivity index (χ2v) is 6.55. The fourth-order valence-corrected chi connectivity index (χ4v) is 3.27. The van der Waals surface area contributed by atoms with Gasteiger partial charge in [0.05, 0.1) is 0 Å². The molecule has 3 N–H and O–H groups in total. The number of aromatic nitrogens is 1. The summed E-state index contributed by atoms with van der Waals surface area (Å²) in [7, 11) is 0. The van der Waals surface area contributed by atoms with Gasteiger partial charge in [-0.2, -0.15) is 0 Å². The molecule has 0 aliphatic carbocycles. The number of alkyl halides is 3. The molecule has 0 aliphatic rings. The predicted octanol–water partition coefficient (Wildman–Crippen LogP) is 0.858. The second kappa shape index (κ2) is 6.34. The molecule has 22 heavy (non-hydrogen) atoms. The van der Waals surface area contributed by atoms with Gasteiger partial charge in [-0.15, -0.1) is 0 Å². The Bertz CT molecular complexity index is 771. The molecular weight excluding hydrogens is 362 g/mol. The molecule has 0 saturated carbocycles. The van der Waals surface area contributed by atoms with Crippen LogP contribution < -0.4 is 15.6 Å². The summed E-state index contributed by atoms with van der Waals surface area (Å²) in [5.74, 6) is 5.08. The number of amides is 1. The molecule has 0 aromatic carbocycles. The molecule has 0 fully saturated rings. The average Bonchev–Trinajstić information content (AvgIpc) is 2.73. The van der Waals surface area contributed by atoms with E-state index in [2.05, 4.69) is 17.2 Å². The fourth-order valence-electron chi connectivity index (χ4n) is 1.81. The molecule has 2 aromatic rings. The van der Waals surface area contributed by atoms with Crippen LogP contribution in [-0.4, -0.2) is 36.9 Å². The zero-order valence-electron chi connectivity index (χ0n) is 11.5. The zero-order chi connectivity index (χ0) is 16.3. The van der Waals surface area contributed by atoms with Crippen molar-refractivity contribution in [3.8, 4) is 11.8 Å². The summed E-state index contributed by atoms with van der Waals surface area (Å²) < 4.78 is 39.9. The quantitative estimate of drug-likeness (QED) is 0.605. The third-order valence-electron chi connectivity index (χ3n) is 2.66. The Morgan fingerprint density at radius 2 is 2.23 bits per heavy atom. The van der Waals surface area contributed by atoms with Crippen LogP contribution in [0.2, 0.25) is 0 Å². The summed E-state index contributed by atoms with van der Waals surface area (Å²) in [6.07, 6.45) is 1.54. The topological polar surface area (TPSA) is 59.5 Å². The van der Waals surface area contributed by atoms with Crippen molar-refractivity contribution in [1.82, 2.24) is 9.72 Å². The molecule has 1 amide bonds. The maximum atomic E-state index is 12.8. The van der Waals surface area contributed by atoms with Crippen LogP contribution in [0, 0.1) is 11.8 Å². The number of pyridine rings is 1. The molecule has 116 valence electrons. The Morgan fingerprint density at radius 3 is 2.86 bits per heavy atom. The van der Waals surface area contributed by atoms with Crippen LogP contribution in [-0.2, 0) is 4.79 Å². The molecule has 4 nitrogen and oxygen atoms in total. The number of anilines is 1. The first-order valence-electron chi connectivity index (χ1n) is 6.16. The molecule has 2 aromatic heterocycles. The Kier molecular flexibility index (Phi) is 4.69. The number of nitrogens with one attached hydrogen (secondary N) is 1. The second-order valence-electron chi connectivity index (χ2n) is 4.34. The monoisotopic (exact) mass is 375 g/mol. The summed E-state index contributed by atoms with van der Waals surface area (Å²) >= 11 is -1.74. The van der Waals surface area contributed by atoms with Crippen LogP contribution in [0.1, 0.15) is 12.5 Å². The van der Waals surface area contributed by atoms with Gasteiger partial charge in [0.15, 0.2) is 0 Å². The van der Waals surface area contributed by atoms with Crippen LogP contribution in [0.15, 0.2) is 24.4 Å². The van der Waals surface area contributed by atoms with Gasteiger partial charge in [-0.3, -0.25) is 0 Å². The molecule has 0 radical (unpaired) electrons. The fraction of sp³-hybridized carbons (Fsp3) is 0.214. The zero-order valence-corrected chi connectivity index (χ0v) is 13.2. The van der Waals surface area contributed by atoms with Crippen molar-refractivity contribution in [3.63, 3.8) is 0 Å². The van der Waals surface area contributed by atoms with Gasteiger partial charge in [0.2, 0.25) is 0 Å². The number of rotatable bonds is 2. The van der Waals surface area contributed by atoms with E-state index in [1.807, 2.05) is 0 Å². The number of nitrogens with two attached hydrogens (primary N) is 1. The van der Waals surface area contributed by atoms with Crippen LogP contribution in [0.5, 0.6) is 0 Å². The number of nitrogens with zero attached hydrogens (tertiary/aromatic N) is 1. The van der Waals surface area contributed by atoms with E-state index in [4.69, 9.17) is 5.73 Å². The van der Waals surface area contributed by atoms with Gasteiger partial charge in [0, 0.05) is 0 Å². The van der Waals surface area contributed by atoms with Gasteiger partial charge >= 0.3 is 130 Å². The van der Waals surface area contributed by atoms with E-state index in [9.17, 15) is 18.0 Å². The van der Waals surface area contributed by atoms with Crippen molar-refractivity contribution in [2.45, 2.75) is 12.0 Å². The number of carbonyl (C=O) groups excluding carboxylic acids is 1. The first-order chi connectivity index (χ1) is 10.3. The number of hydrogen-bond acceptors (Lipinski definition) is 2. The molecule has 0 spiro atoms. The molecule has 2 rings (SSSR count). The first kappa shape index (κ1) is 16.3. The molecule has 2 heterocycles. The van der Waals surface area contributed by atoms with Crippen molar-refractivity contribution < 1.29 is 18.0 Å². The molecule has 0 bridgehead atoms. The number of nitrogen functional groups attached to an aromatic ring is 1. The molecule has 0 unspecified atom stereocenters. The Hall–Kier alpha value is -2.10. The van der Waals surface area contributed by atoms with E-state index in [1.165, 1.54) is 17.5 Å². The molecule has 8 heteroatoms. The molecular formula is C14H12F3N3OSe. The number of fused-ring (bicyclic) bond motifs is 1. The summed E-state index contributed by atoms with van der Waals surface area (Å²) in [5.41, 5.74) is 6.95. The average molecular weight is 374 g/mol. The van der Waals surface area contributed by atoms with Crippen LogP contribution >= 0.6 is 0 Å². The van der Waals surface area contributed by atoms with Gasteiger partial charge in [-0.1, -0.05) is 0 Å². The van der Waals surface area contributed by atoms with Gasteiger partial charge in [0.1, 0.15) is 0 Å². The first-order valence-corrected chi connectivity index (χ1v) is 7.88. The third kappa shape index (κ3) is 3.97. The van der Waals surface area contributed by atoms with Crippen molar-refractivity contribution in [2.75, 3.05) is 12.3 Å². The predicted molar refractivity (Wildman–Crippen MR) is 78.8 cm³/mol. The van der Waals surface area contributed by atoms with E-state index in [0.29, 0.717) is 11.2 Å². The molecule has 0 aliphatic heterocycles. The van der Waals surface area contributed by atoms with E-state index in [0.717, 1.165) is 0 Å². The number of carbonyl (C=O) groups is 1. The Labute approximate surface area is 131 Å². The van der Waals surface area contributed by atoms with Crippen LogP contribution in [0.3, 0.4) is 0 Å². The molecule has 0 saturated heterocycles. The SMILES string of the molecule is CC(=O)NCC#Cc1cc2c(N)cccn2c1[Se]C(F)(F)F. The van der Waals surface area contributed by atoms with Gasteiger partial charge in [-0.05, 0) is 0 Å². The third-order valence-corrected chi connectivity index (χ3v) is 4.42. The summed E-state index contributed by atoms with van der Waals surface area (Å²) in [4.78, 5) is 10.7. The van der Waals surface area contributed by atoms with Crippen molar-refractivity contribution in [3.05, 3.63) is 30.0 Å². The van der Waals surface area contributed by atoms with Crippen molar-refractivity contribution in [2.24, 2.45) is 0 Å². The van der Waals surface area contributed by atoms with Crippen molar-refractivity contribution >= 4 is 36.7 Å². The van der Waals surface area contributed by atoms with Crippen LogP contribution in [0.4, 0.5) is 18.9 Å². The number of hydrogen-bond donors (Lipinski definition) is 2. The van der Waals surface area contributed by atoms with Gasteiger partial charge in [-0.25, -0.2) is 0 Å². The van der Waals surface area contributed by atoms with E-state index in [1.54, 1.807) is 18.2 Å². The molecule has 0 atom stereocenters.